The second kappa shape index (κ2) is 57.4. The molecule has 0 rings (SSSR count). The Morgan fingerprint density at radius 1 is 0.413 bits per heavy atom. The highest BCUT2D eigenvalue weighted by atomic mass is 16.7. The number of carboxylic acids is 1. The van der Waals surface area contributed by atoms with Crippen LogP contribution in [0.25, 0.3) is 0 Å². The minimum Gasteiger partial charge on any atom is -0.477 e. The maximum atomic E-state index is 12.8. The number of ether oxygens (including phenoxy) is 4. The molecule has 0 saturated heterocycles. The predicted molar refractivity (Wildman–Crippen MR) is 318 cm³/mol. The van der Waals surface area contributed by atoms with Crippen molar-refractivity contribution in [3.63, 3.8) is 0 Å². The highest BCUT2D eigenvalue weighted by molar-refractivity contribution is 5.71. The van der Waals surface area contributed by atoms with Crippen LogP contribution in [-0.4, -0.2) is 87.4 Å². The van der Waals surface area contributed by atoms with E-state index >= 15 is 0 Å². The van der Waals surface area contributed by atoms with Crippen LogP contribution in [0.2, 0.25) is 0 Å². The van der Waals surface area contributed by atoms with E-state index in [9.17, 15) is 19.5 Å². The molecule has 438 valence electrons. The quantitative estimate of drug-likeness (QED) is 0.0211. The van der Waals surface area contributed by atoms with Crippen molar-refractivity contribution in [2.45, 2.75) is 309 Å². The van der Waals surface area contributed by atoms with Gasteiger partial charge in [-0.1, -0.05) is 281 Å². The summed E-state index contributed by atoms with van der Waals surface area (Å²) in [6, 6.07) is 0. The molecule has 0 aliphatic carbocycles. The largest absolute Gasteiger partial charge is 0.477 e. The minimum atomic E-state index is -1.50. The zero-order valence-electron chi connectivity index (χ0n) is 50.0. The van der Waals surface area contributed by atoms with Gasteiger partial charge in [-0.3, -0.25) is 9.59 Å². The van der Waals surface area contributed by atoms with Gasteiger partial charge in [0.15, 0.2) is 6.10 Å². The molecule has 0 amide bonds. The summed E-state index contributed by atoms with van der Waals surface area (Å²) in [7, 11) is 5.97. The fraction of sp³-hybridized carbons (Fsp3) is 0.833. The summed E-state index contributed by atoms with van der Waals surface area (Å²) >= 11 is 0. The van der Waals surface area contributed by atoms with Crippen molar-refractivity contribution in [1.82, 2.24) is 0 Å². The molecule has 0 saturated carbocycles. The monoisotopic (exact) mass is 1060 g/mol. The number of carbonyl (C=O) groups is 3. The molecule has 0 fully saturated rings. The molecule has 2 atom stereocenters. The molecule has 0 aliphatic heterocycles. The average molecular weight is 1060 g/mol. The Hall–Kier alpha value is -2.75. The smallest absolute Gasteiger partial charge is 0.361 e. The van der Waals surface area contributed by atoms with Gasteiger partial charge in [0.05, 0.1) is 34.4 Å². The first kappa shape index (κ1) is 72.2. The fourth-order valence-electron chi connectivity index (χ4n) is 9.24. The minimum absolute atomic E-state index is 0.176. The zero-order chi connectivity index (χ0) is 54.8. The molecule has 75 heavy (non-hydrogen) atoms. The van der Waals surface area contributed by atoms with E-state index in [0.717, 1.165) is 64.2 Å². The number of likely N-dealkylation sites (N-methyl/N-ethyl adjacent to an activating group) is 1. The number of esters is 2. The van der Waals surface area contributed by atoms with Crippen LogP contribution < -0.4 is 0 Å². The molecule has 0 aromatic heterocycles. The van der Waals surface area contributed by atoms with Crippen molar-refractivity contribution in [3.8, 4) is 0 Å². The number of allylic oxidation sites excluding steroid dienone is 8. The van der Waals surface area contributed by atoms with Gasteiger partial charge in [-0.2, -0.15) is 0 Å². The Balaban J connectivity index is 3.82. The topological polar surface area (TPSA) is 108 Å². The lowest BCUT2D eigenvalue weighted by atomic mass is 10.0. The van der Waals surface area contributed by atoms with Crippen molar-refractivity contribution in [2.75, 3.05) is 47.5 Å². The maximum absolute atomic E-state index is 12.8. The van der Waals surface area contributed by atoms with Crippen molar-refractivity contribution in [2.24, 2.45) is 0 Å². The molecular weight excluding hydrogens is 935 g/mol. The lowest BCUT2D eigenvalue weighted by molar-refractivity contribution is -0.870. The van der Waals surface area contributed by atoms with Crippen molar-refractivity contribution in [3.05, 3.63) is 48.6 Å². The predicted octanol–water partition coefficient (Wildman–Crippen LogP) is 19.0. The molecule has 0 aliphatic rings. The summed E-state index contributed by atoms with van der Waals surface area (Å²) in [5.41, 5.74) is 0. The lowest BCUT2D eigenvalue weighted by Crippen LogP contribution is -2.40. The molecule has 0 bridgehead atoms. The Morgan fingerprint density at radius 2 is 0.760 bits per heavy atom. The third-order valence-corrected chi connectivity index (χ3v) is 14.1. The van der Waals surface area contributed by atoms with Crippen LogP contribution in [0.15, 0.2) is 48.6 Å². The maximum Gasteiger partial charge on any atom is 0.361 e. The van der Waals surface area contributed by atoms with Gasteiger partial charge in [0.1, 0.15) is 13.2 Å². The lowest BCUT2D eigenvalue weighted by Gasteiger charge is -2.25. The molecule has 9 heteroatoms. The van der Waals surface area contributed by atoms with Gasteiger partial charge in [-0.15, -0.1) is 0 Å². The second-order valence-corrected chi connectivity index (χ2v) is 22.7. The van der Waals surface area contributed by atoms with E-state index in [1.54, 1.807) is 0 Å². The van der Waals surface area contributed by atoms with Gasteiger partial charge in [-0.25, -0.2) is 4.79 Å². The Morgan fingerprint density at radius 3 is 1.13 bits per heavy atom. The first-order chi connectivity index (χ1) is 36.6. The number of rotatable bonds is 59. The summed E-state index contributed by atoms with van der Waals surface area (Å²) in [5.74, 6) is -1.99. The summed E-state index contributed by atoms with van der Waals surface area (Å²) in [5, 5.41) is 9.67. The van der Waals surface area contributed by atoms with Crippen LogP contribution in [0.3, 0.4) is 0 Å². The van der Waals surface area contributed by atoms with Gasteiger partial charge in [-0.05, 0) is 51.4 Å². The number of hydrogen-bond donors (Lipinski definition) is 1. The van der Waals surface area contributed by atoms with Gasteiger partial charge < -0.3 is 28.5 Å². The van der Waals surface area contributed by atoms with E-state index in [-0.39, 0.29) is 38.2 Å². The van der Waals surface area contributed by atoms with Crippen LogP contribution in [0, 0.1) is 0 Å². The van der Waals surface area contributed by atoms with E-state index in [4.69, 9.17) is 18.9 Å². The van der Waals surface area contributed by atoms with Crippen LogP contribution in [0.5, 0.6) is 0 Å². The number of quaternary nitrogens is 1. The Bertz CT molecular complexity index is 1370. The number of carboxylic acid groups (broad SMARTS) is 1. The second-order valence-electron chi connectivity index (χ2n) is 22.7. The summed E-state index contributed by atoms with van der Waals surface area (Å²) in [4.78, 5) is 37.2. The standard InChI is InChI=1S/C66H121NO8/c1-6-8-10-12-14-16-17-18-19-20-21-22-23-24-25-26-27-28-29-30-31-32-33-34-35-36-37-38-39-40-41-42-43-44-45-46-47-49-51-53-55-57-64(69)75-62(61-74-66(65(70)71)72-59-58-67(3,4)5)60-73-63(68)56-54-52-50-48-15-13-11-9-7-2/h8,10,14,16,18-19,21-22,62,66H,6-7,9,11-13,15,17,20,23-61H2,1-5H3/p+1/b10-8-,16-14-,19-18-,22-21-. The summed E-state index contributed by atoms with van der Waals surface area (Å²) in [6.07, 6.45) is 69.7. The molecule has 0 aromatic carbocycles. The van der Waals surface area contributed by atoms with Crippen LogP contribution in [0.4, 0.5) is 0 Å². The first-order valence-electron chi connectivity index (χ1n) is 31.8. The van der Waals surface area contributed by atoms with E-state index in [1.807, 2.05) is 21.1 Å². The van der Waals surface area contributed by atoms with E-state index < -0.39 is 18.4 Å². The first-order valence-corrected chi connectivity index (χ1v) is 31.8. The molecule has 0 spiro atoms. The van der Waals surface area contributed by atoms with E-state index in [1.165, 1.54) is 205 Å². The molecule has 0 aromatic rings. The number of aliphatic carboxylic acids is 1. The van der Waals surface area contributed by atoms with Crippen molar-refractivity contribution >= 4 is 17.9 Å². The van der Waals surface area contributed by atoms with Gasteiger partial charge in [0, 0.05) is 12.8 Å². The molecule has 2 unspecified atom stereocenters. The highest BCUT2D eigenvalue weighted by Crippen LogP contribution is 2.18. The zero-order valence-corrected chi connectivity index (χ0v) is 50.0. The molecule has 0 heterocycles. The molecule has 9 nitrogen and oxygen atoms in total. The number of nitrogens with zero attached hydrogens (tertiary/aromatic N) is 1. The van der Waals surface area contributed by atoms with Crippen LogP contribution >= 0.6 is 0 Å². The molecule has 0 radical (unpaired) electrons. The summed E-state index contributed by atoms with van der Waals surface area (Å²) < 4.78 is 22.8. The van der Waals surface area contributed by atoms with Crippen molar-refractivity contribution < 1.29 is 42.9 Å². The van der Waals surface area contributed by atoms with Crippen molar-refractivity contribution in [1.29, 1.82) is 0 Å². The highest BCUT2D eigenvalue weighted by Gasteiger charge is 2.25. The third-order valence-electron chi connectivity index (χ3n) is 14.1. The SMILES string of the molecule is CC/C=C\C/C=C\C/C=C\C/C=C\CCCCCCCCCCCCCCCCCCCCCCCCCCCCCCC(=O)OC(COC(=O)CCCCCCCCCCC)COC(OCC[N+](C)(C)C)C(=O)O. The average Bonchev–Trinajstić information content (AvgIpc) is 3.38. The Labute approximate surface area is 463 Å². The Kier molecular flexibility index (Phi) is 55.3. The normalized spacial score (nSPS) is 13.0. The molecular formula is C66H122NO8+. The van der Waals surface area contributed by atoms with Crippen LogP contribution in [-0.2, 0) is 33.3 Å². The third kappa shape index (κ3) is 58.8. The number of carbonyl (C=O) groups excluding carboxylic acids is 2. The van der Waals surface area contributed by atoms with Gasteiger partial charge in [0.2, 0.25) is 0 Å². The molecule has 1 N–H and O–H groups in total. The van der Waals surface area contributed by atoms with E-state index in [0.29, 0.717) is 17.4 Å². The van der Waals surface area contributed by atoms with E-state index in [2.05, 4.69) is 62.5 Å². The van der Waals surface area contributed by atoms with Crippen LogP contribution in [0.1, 0.15) is 296 Å². The number of hydrogen-bond acceptors (Lipinski definition) is 7. The van der Waals surface area contributed by atoms with Gasteiger partial charge >= 0.3 is 17.9 Å². The van der Waals surface area contributed by atoms with Gasteiger partial charge in [0.25, 0.3) is 6.29 Å². The summed E-state index contributed by atoms with van der Waals surface area (Å²) in [6.45, 7) is 4.77. The fourth-order valence-corrected chi connectivity index (χ4v) is 9.24. The number of unbranched alkanes of at least 4 members (excludes halogenated alkanes) is 36.